The molecule has 0 aliphatic heterocycles. The van der Waals surface area contributed by atoms with E-state index in [1.165, 1.54) is 16.5 Å². The van der Waals surface area contributed by atoms with Gasteiger partial charge >= 0.3 is 0 Å². The predicted molar refractivity (Wildman–Crippen MR) is 105 cm³/mol. The fourth-order valence-electron chi connectivity index (χ4n) is 2.94. The van der Waals surface area contributed by atoms with E-state index < -0.39 is 0 Å². The van der Waals surface area contributed by atoms with Crippen LogP contribution in [0, 0.1) is 0 Å². The number of benzene rings is 2. The van der Waals surface area contributed by atoms with Crippen molar-refractivity contribution in [1.82, 2.24) is 14.9 Å². The molecule has 2 aromatic carbocycles. The molecule has 1 amide bonds. The molecular formula is C21H23N3O3. The van der Waals surface area contributed by atoms with Crippen molar-refractivity contribution in [2.24, 2.45) is 0 Å². The quantitative estimate of drug-likeness (QED) is 0.698. The van der Waals surface area contributed by atoms with Crippen molar-refractivity contribution in [3.8, 4) is 5.75 Å². The van der Waals surface area contributed by atoms with E-state index in [2.05, 4.69) is 10.3 Å². The number of aromatic nitrogens is 2. The third-order valence-corrected chi connectivity index (χ3v) is 4.48. The second-order valence-electron chi connectivity index (χ2n) is 6.55. The summed E-state index contributed by atoms with van der Waals surface area (Å²) in [6, 6.07) is 15.0. The van der Waals surface area contributed by atoms with Crippen LogP contribution < -0.4 is 15.6 Å². The maximum atomic E-state index is 12.4. The first-order valence-corrected chi connectivity index (χ1v) is 8.93. The Hall–Kier alpha value is -3.15. The van der Waals surface area contributed by atoms with Crippen LogP contribution in [0.15, 0.2) is 59.7 Å². The van der Waals surface area contributed by atoms with Gasteiger partial charge in [0, 0.05) is 6.04 Å². The molecule has 140 valence electrons. The van der Waals surface area contributed by atoms with Gasteiger partial charge in [-0.3, -0.25) is 14.2 Å². The summed E-state index contributed by atoms with van der Waals surface area (Å²) >= 11 is 0. The van der Waals surface area contributed by atoms with Gasteiger partial charge in [-0.2, -0.15) is 0 Å². The van der Waals surface area contributed by atoms with Crippen molar-refractivity contribution in [2.75, 3.05) is 7.11 Å². The molecule has 0 aliphatic carbocycles. The van der Waals surface area contributed by atoms with E-state index in [0.29, 0.717) is 10.9 Å². The molecule has 0 fully saturated rings. The molecule has 0 spiro atoms. The van der Waals surface area contributed by atoms with Crippen LogP contribution in [-0.2, 0) is 17.8 Å². The minimum absolute atomic E-state index is 0.00344. The topological polar surface area (TPSA) is 73.2 Å². The van der Waals surface area contributed by atoms with E-state index in [1.54, 1.807) is 25.3 Å². The van der Waals surface area contributed by atoms with Crippen LogP contribution in [0.1, 0.15) is 18.9 Å². The Morgan fingerprint density at radius 3 is 2.67 bits per heavy atom. The van der Waals surface area contributed by atoms with Gasteiger partial charge in [0.25, 0.3) is 5.56 Å². The van der Waals surface area contributed by atoms with Crippen LogP contribution in [0.4, 0.5) is 0 Å². The van der Waals surface area contributed by atoms with Crippen LogP contribution in [-0.4, -0.2) is 28.6 Å². The van der Waals surface area contributed by atoms with Gasteiger partial charge in [0.15, 0.2) is 0 Å². The fourth-order valence-corrected chi connectivity index (χ4v) is 2.94. The molecule has 1 atom stereocenters. The molecule has 0 unspecified atom stereocenters. The number of nitrogens with one attached hydrogen (secondary N) is 1. The molecule has 3 aromatic rings. The monoisotopic (exact) mass is 365 g/mol. The van der Waals surface area contributed by atoms with Crippen LogP contribution in [0.3, 0.4) is 0 Å². The third-order valence-electron chi connectivity index (χ3n) is 4.48. The first-order chi connectivity index (χ1) is 13.1. The molecule has 0 aliphatic rings. The van der Waals surface area contributed by atoms with Gasteiger partial charge < -0.3 is 10.1 Å². The Bertz CT molecular complexity index is 980. The van der Waals surface area contributed by atoms with Crippen LogP contribution in [0.25, 0.3) is 10.9 Å². The highest BCUT2D eigenvalue weighted by Crippen LogP contribution is 2.13. The molecule has 0 radical (unpaired) electrons. The lowest BCUT2D eigenvalue weighted by Crippen LogP contribution is -2.37. The lowest BCUT2D eigenvalue weighted by atomic mass is 10.1. The number of para-hydroxylation sites is 1. The average molecular weight is 365 g/mol. The van der Waals surface area contributed by atoms with Crippen molar-refractivity contribution in [3.05, 3.63) is 70.8 Å². The highest BCUT2D eigenvalue weighted by atomic mass is 16.5. The average Bonchev–Trinajstić information content (AvgIpc) is 2.69. The SMILES string of the molecule is COc1ccc(CC[C@H](C)NC(=O)Cn2cnc3ccccc3c2=O)cc1. The number of amides is 1. The first kappa shape index (κ1) is 18.6. The summed E-state index contributed by atoms with van der Waals surface area (Å²) in [5.74, 6) is 0.631. The Labute approximate surface area is 157 Å². The lowest BCUT2D eigenvalue weighted by molar-refractivity contribution is -0.122. The van der Waals surface area contributed by atoms with Gasteiger partial charge in [-0.05, 0) is 49.6 Å². The van der Waals surface area contributed by atoms with Crippen LogP contribution in [0.5, 0.6) is 5.75 Å². The summed E-state index contributed by atoms with van der Waals surface area (Å²) in [6.07, 6.45) is 3.08. The molecule has 1 aromatic heterocycles. The predicted octanol–water partition coefficient (Wildman–Crippen LogP) is 2.54. The molecular weight excluding hydrogens is 342 g/mol. The number of nitrogens with zero attached hydrogens (tertiary/aromatic N) is 2. The number of hydrogen-bond donors (Lipinski definition) is 1. The number of carbonyl (C=O) groups excluding carboxylic acids is 1. The van der Waals surface area contributed by atoms with Gasteiger partial charge in [0.2, 0.25) is 5.91 Å². The molecule has 6 nitrogen and oxygen atoms in total. The van der Waals surface area contributed by atoms with E-state index in [-0.39, 0.29) is 24.1 Å². The first-order valence-electron chi connectivity index (χ1n) is 8.93. The molecule has 27 heavy (non-hydrogen) atoms. The number of hydrogen-bond acceptors (Lipinski definition) is 4. The summed E-state index contributed by atoms with van der Waals surface area (Å²) in [7, 11) is 1.64. The van der Waals surface area contributed by atoms with Crippen LogP contribution >= 0.6 is 0 Å². The summed E-state index contributed by atoms with van der Waals surface area (Å²) in [6.45, 7) is 1.92. The molecule has 0 saturated heterocycles. The smallest absolute Gasteiger partial charge is 0.261 e. The zero-order valence-electron chi connectivity index (χ0n) is 15.5. The molecule has 0 saturated carbocycles. The summed E-state index contributed by atoms with van der Waals surface area (Å²) < 4.78 is 6.49. The maximum absolute atomic E-state index is 12.4. The van der Waals surface area contributed by atoms with Crippen molar-refractivity contribution >= 4 is 16.8 Å². The molecule has 3 rings (SSSR count). The van der Waals surface area contributed by atoms with Crippen molar-refractivity contribution in [3.63, 3.8) is 0 Å². The second kappa shape index (κ2) is 8.49. The van der Waals surface area contributed by atoms with Crippen molar-refractivity contribution < 1.29 is 9.53 Å². The lowest BCUT2D eigenvalue weighted by Gasteiger charge is -2.15. The number of aryl methyl sites for hydroxylation is 1. The molecule has 1 heterocycles. The molecule has 6 heteroatoms. The van der Waals surface area contributed by atoms with Gasteiger partial charge in [-0.1, -0.05) is 24.3 Å². The Morgan fingerprint density at radius 1 is 1.19 bits per heavy atom. The van der Waals surface area contributed by atoms with Gasteiger partial charge in [0.05, 0.1) is 24.3 Å². The highest BCUT2D eigenvalue weighted by Gasteiger charge is 2.11. The molecule has 1 N–H and O–H groups in total. The van der Waals surface area contributed by atoms with E-state index in [9.17, 15) is 9.59 Å². The number of fused-ring (bicyclic) bond motifs is 1. The summed E-state index contributed by atoms with van der Waals surface area (Å²) in [5, 5.41) is 3.46. The minimum atomic E-state index is -0.207. The van der Waals surface area contributed by atoms with Crippen molar-refractivity contribution in [2.45, 2.75) is 32.4 Å². The highest BCUT2D eigenvalue weighted by molar-refractivity contribution is 5.78. The maximum Gasteiger partial charge on any atom is 0.261 e. The van der Waals surface area contributed by atoms with Crippen molar-refractivity contribution in [1.29, 1.82) is 0 Å². The van der Waals surface area contributed by atoms with E-state index in [4.69, 9.17) is 4.74 Å². The molecule has 0 bridgehead atoms. The minimum Gasteiger partial charge on any atom is -0.497 e. The third kappa shape index (κ3) is 4.73. The fraction of sp³-hybridized carbons (Fsp3) is 0.286. The van der Waals surface area contributed by atoms with E-state index >= 15 is 0 Å². The summed E-state index contributed by atoms with van der Waals surface area (Å²) in [5.41, 5.74) is 1.61. The van der Waals surface area contributed by atoms with E-state index in [0.717, 1.165) is 18.6 Å². The standard InChI is InChI=1S/C21H23N3O3/c1-15(7-8-16-9-11-17(27-2)12-10-16)23-20(25)13-24-14-22-19-6-4-3-5-18(19)21(24)26/h3-6,9-12,14-15H,7-8,13H2,1-2H3,(H,23,25)/t15-/m0/s1. The Kier molecular flexibility index (Phi) is 5.86. The van der Waals surface area contributed by atoms with Crippen LogP contribution in [0.2, 0.25) is 0 Å². The zero-order valence-corrected chi connectivity index (χ0v) is 15.5. The second-order valence-corrected chi connectivity index (χ2v) is 6.55. The zero-order chi connectivity index (χ0) is 19.2. The van der Waals surface area contributed by atoms with Gasteiger partial charge in [-0.15, -0.1) is 0 Å². The Morgan fingerprint density at radius 2 is 1.93 bits per heavy atom. The number of rotatable bonds is 7. The normalized spacial score (nSPS) is 11.9. The number of carbonyl (C=O) groups is 1. The van der Waals surface area contributed by atoms with Gasteiger partial charge in [0.1, 0.15) is 12.3 Å². The van der Waals surface area contributed by atoms with Gasteiger partial charge in [-0.25, -0.2) is 4.98 Å². The largest absolute Gasteiger partial charge is 0.497 e. The Balaban J connectivity index is 1.55. The van der Waals surface area contributed by atoms with E-state index in [1.807, 2.05) is 37.3 Å². The summed E-state index contributed by atoms with van der Waals surface area (Å²) in [4.78, 5) is 29.0. The number of methoxy groups -OCH3 is 1. The number of ether oxygens (including phenoxy) is 1.